The van der Waals surface area contributed by atoms with E-state index in [1.807, 2.05) is 0 Å². The quantitative estimate of drug-likeness (QED) is 0.846. The smallest absolute Gasteiger partial charge is 0.451 e. The molecule has 0 radical (unpaired) electrons. The van der Waals surface area contributed by atoms with E-state index in [1.54, 1.807) is 12.1 Å². The summed E-state index contributed by atoms with van der Waals surface area (Å²) in [6, 6.07) is 4.49. The highest BCUT2D eigenvalue weighted by Crippen LogP contribution is 2.31. The molecule has 1 aromatic carbocycles. The number of hydrogen-bond acceptors (Lipinski definition) is 7. The number of amides is 2. The summed E-state index contributed by atoms with van der Waals surface area (Å²) in [5.41, 5.74) is 0.0676. The molecule has 1 fully saturated rings. The van der Waals surface area contributed by atoms with Crippen molar-refractivity contribution in [3.8, 4) is 5.75 Å². The Bertz CT molecular complexity index is 859. The predicted molar refractivity (Wildman–Crippen MR) is 89.1 cm³/mol. The van der Waals surface area contributed by atoms with E-state index in [0.717, 1.165) is 16.7 Å². The molecule has 138 valence electrons. The zero-order chi connectivity index (χ0) is 18.9. The van der Waals surface area contributed by atoms with E-state index in [0.29, 0.717) is 11.1 Å². The highest BCUT2D eigenvalue weighted by Gasteiger charge is 2.35. The summed E-state index contributed by atoms with van der Waals surface area (Å²) in [6.45, 7) is 0.0984. The van der Waals surface area contributed by atoms with Crippen molar-refractivity contribution in [2.75, 3.05) is 31.3 Å². The number of anilines is 1. The number of carbonyl (C=O) groups is 2. The van der Waals surface area contributed by atoms with Gasteiger partial charge in [-0.15, -0.1) is 0 Å². The van der Waals surface area contributed by atoms with E-state index in [1.165, 1.54) is 13.2 Å². The van der Waals surface area contributed by atoms with Crippen LogP contribution in [0.4, 0.5) is 23.8 Å². The SMILES string of the molecule is COc1ccc2c(NCCN3C(=O)CSC3=O)nc(C(F)(F)F)nc2c1. The van der Waals surface area contributed by atoms with Crippen molar-refractivity contribution in [1.29, 1.82) is 0 Å². The first kappa shape index (κ1) is 18.2. The van der Waals surface area contributed by atoms with Crippen molar-refractivity contribution in [3.05, 3.63) is 24.0 Å². The van der Waals surface area contributed by atoms with Gasteiger partial charge in [-0.25, -0.2) is 9.97 Å². The van der Waals surface area contributed by atoms with Gasteiger partial charge in [0.05, 0.1) is 18.4 Å². The van der Waals surface area contributed by atoms with Crippen molar-refractivity contribution >= 4 is 39.6 Å². The van der Waals surface area contributed by atoms with Crippen LogP contribution in [0.25, 0.3) is 10.9 Å². The Kier molecular flexibility index (Phi) is 4.90. The number of hydrogen-bond donors (Lipinski definition) is 1. The number of rotatable bonds is 5. The molecule has 0 unspecified atom stereocenters. The monoisotopic (exact) mass is 386 g/mol. The van der Waals surface area contributed by atoms with E-state index < -0.39 is 12.0 Å². The maximum atomic E-state index is 13.1. The molecule has 1 N–H and O–H groups in total. The molecule has 2 amide bonds. The lowest BCUT2D eigenvalue weighted by Crippen LogP contribution is -2.33. The summed E-state index contributed by atoms with van der Waals surface area (Å²) < 4.78 is 44.2. The average Bonchev–Trinajstić information content (AvgIpc) is 2.92. The van der Waals surface area contributed by atoms with Crippen molar-refractivity contribution in [2.45, 2.75) is 6.18 Å². The van der Waals surface area contributed by atoms with Gasteiger partial charge in [0.25, 0.3) is 5.24 Å². The van der Waals surface area contributed by atoms with Crippen molar-refractivity contribution < 1.29 is 27.5 Å². The molecule has 1 saturated heterocycles. The summed E-state index contributed by atoms with van der Waals surface area (Å²) in [6.07, 6.45) is -4.72. The van der Waals surface area contributed by atoms with E-state index in [9.17, 15) is 22.8 Å². The molecule has 2 heterocycles. The molecule has 0 aliphatic carbocycles. The number of carbonyl (C=O) groups excluding carboxylic acids is 2. The Balaban J connectivity index is 1.88. The average molecular weight is 386 g/mol. The minimum atomic E-state index is -4.72. The summed E-state index contributed by atoms with van der Waals surface area (Å²) in [5, 5.41) is 2.76. The van der Waals surface area contributed by atoms with Crippen LogP contribution in [0.1, 0.15) is 5.82 Å². The molecule has 2 aromatic rings. The number of thioether (sulfide) groups is 1. The van der Waals surface area contributed by atoms with Gasteiger partial charge in [0, 0.05) is 24.5 Å². The van der Waals surface area contributed by atoms with Crippen LogP contribution in [0.3, 0.4) is 0 Å². The lowest BCUT2D eigenvalue weighted by Gasteiger charge is -2.15. The number of nitrogens with one attached hydrogen (secondary N) is 1. The van der Waals surface area contributed by atoms with Crippen LogP contribution >= 0.6 is 11.8 Å². The zero-order valence-electron chi connectivity index (χ0n) is 13.5. The molecular weight excluding hydrogens is 373 g/mol. The largest absolute Gasteiger partial charge is 0.497 e. The highest BCUT2D eigenvalue weighted by molar-refractivity contribution is 8.14. The molecule has 0 saturated carbocycles. The Labute approximate surface area is 149 Å². The standard InChI is InChI=1S/C15H13F3N4O3S/c1-25-8-2-3-9-10(6-8)20-13(15(16,17)18)21-12(9)19-4-5-22-11(23)7-26-14(22)24/h2-3,6H,4-5,7H2,1H3,(H,19,20,21). The maximum Gasteiger partial charge on any atom is 0.451 e. The van der Waals surface area contributed by atoms with Crippen molar-refractivity contribution in [2.24, 2.45) is 0 Å². The molecule has 1 aliphatic heterocycles. The van der Waals surface area contributed by atoms with Gasteiger partial charge in [0.15, 0.2) is 0 Å². The second kappa shape index (κ2) is 6.98. The first-order valence-corrected chi connectivity index (χ1v) is 8.42. The highest BCUT2D eigenvalue weighted by atomic mass is 32.2. The van der Waals surface area contributed by atoms with Gasteiger partial charge in [0.2, 0.25) is 11.7 Å². The summed E-state index contributed by atoms with van der Waals surface area (Å²) >= 11 is 0.894. The Morgan fingerprint density at radius 3 is 2.69 bits per heavy atom. The predicted octanol–water partition coefficient (Wildman–Crippen LogP) is 2.76. The molecule has 1 aromatic heterocycles. The number of nitrogens with zero attached hydrogens (tertiary/aromatic N) is 3. The molecule has 0 spiro atoms. The van der Waals surface area contributed by atoms with Crippen LogP contribution in [0.5, 0.6) is 5.75 Å². The van der Waals surface area contributed by atoms with Gasteiger partial charge in [-0.05, 0) is 12.1 Å². The third-order valence-corrected chi connectivity index (χ3v) is 4.48. The third-order valence-electron chi connectivity index (χ3n) is 3.63. The molecular formula is C15H13F3N4O3S. The fraction of sp³-hybridized carbons (Fsp3) is 0.333. The Hall–Kier alpha value is -2.56. The zero-order valence-corrected chi connectivity index (χ0v) is 14.3. The fourth-order valence-electron chi connectivity index (χ4n) is 2.38. The van der Waals surface area contributed by atoms with Crippen LogP contribution < -0.4 is 10.1 Å². The number of aromatic nitrogens is 2. The summed E-state index contributed by atoms with van der Waals surface area (Å²) in [7, 11) is 1.40. The first-order chi connectivity index (χ1) is 12.3. The normalized spacial score (nSPS) is 15.0. The first-order valence-electron chi connectivity index (χ1n) is 7.43. The molecule has 3 rings (SSSR count). The van der Waals surface area contributed by atoms with Crippen LogP contribution in [-0.4, -0.2) is 52.0 Å². The van der Waals surface area contributed by atoms with Crippen LogP contribution in [0.15, 0.2) is 18.2 Å². The van der Waals surface area contributed by atoms with Crippen LogP contribution in [-0.2, 0) is 11.0 Å². The number of methoxy groups -OCH3 is 1. The minimum Gasteiger partial charge on any atom is -0.497 e. The molecule has 7 nitrogen and oxygen atoms in total. The molecule has 11 heteroatoms. The molecule has 1 aliphatic rings. The number of benzene rings is 1. The second-order valence-corrected chi connectivity index (χ2v) is 6.23. The van der Waals surface area contributed by atoms with E-state index in [-0.39, 0.29) is 41.3 Å². The molecule has 0 atom stereocenters. The van der Waals surface area contributed by atoms with E-state index >= 15 is 0 Å². The number of imide groups is 1. The molecule has 26 heavy (non-hydrogen) atoms. The topological polar surface area (TPSA) is 84.4 Å². The Morgan fingerprint density at radius 2 is 2.08 bits per heavy atom. The fourth-order valence-corrected chi connectivity index (χ4v) is 3.13. The lowest BCUT2D eigenvalue weighted by molar-refractivity contribution is -0.144. The minimum absolute atomic E-state index is 0.0308. The summed E-state index contributed by atoms with van der Waals surface area (Å²) in [5.74, 6) is -1.20. The van der Waals surface area contributed by atoms with E-state index in [4.69, 9.17) is 4.74 Å². The number of ether oxygens (including phenoxy) is 1. The second-order valence-electron chi connectivity index (χ2n) is 5.30. The van der Waals surface area contributed by atoms with Gasteiger partial charge in [0.1, 0.15) is 11.6 Å². The maximum absolute atomic E-state index is 13.1. The number of alkyl halides is 3. The molecule has 0 bridgehead atoms. The lowest BCUT2D eigenvalue weighted by atomic mass is 10.2. The van der Waals surface area contributed by atoms with Gasteiger partial charge in [-0.2, -0.15) is 13.2 Å². The van der Waals surface area contributed by atoms with Crippen molar-refractivity contribution in [3.63, 3.8) is 0 Å². The van der Waals surface area contributed by atoms with Crippen molar-refractivity contribution in [1.82, 2.24) is 14.9 Å². The van der Waals surface area contributed by atoms with Crippen LogP contribution in [0, 0.1) is 0 Å². The number of fused-ring (bicyclic) bond motifs is 1. The third kappa shape index (κ3) is 3.66. The Morgan fingerprint density at radius 1 is 1.31 bits per heavy atom. The van der Waals surface area contributed by atoms with Gasteiger partial charge in [-0.3, -0.25) is 14.5 Å². The van der Waals surface area contributed by atoms with Crippen LogP contribution in [0.2, 0.25) is 0 Å². The van der Waals surface area contributed by atoms with Gasteiger partial charge >= 0.3 is 6.18 Å². The van der Waals surface area contributed by atoms with Gasteiger partial charge in [-0.1, -0.05) is 11.8 Å². The van der Waals surface area contributed by atoms with Gasteiger partial charge < -0.3 is 10.1 Å². The summed E-state index contributed by atoms with van der Waals surface area (Å²) in [4.78, 5) is 31.3. The van der Waals surface area contributed by atoms with E-state index in [2.05, 4.69) is 15.3 Å². The number of halogens is 3.